The quantitative estimate of drug-likeness (QED) is 0.734. The highest BCUT2D eigenvalue weighted by Crippen LogP contribution is 2.22. The molecule has 2 aromatic heterocycles. The zero-order valence-corrected chi connectivity index (χ0v) is 11.5. The number of aromatic nitrogens is 5. The Morgan fingerprint density at radius 2 is 2.20 bits per heavy atom. The molecule has 2 heterocycles. The van der Waals surface area contributed by atoms with Crippen LogP contribution < -0.4 is 10.6 Å². The highest BCUT2D eigenvalue weighted by molar-refractivity contribution is 6.31. The normalized spacial score (nSPS) is 10.9. The Morgan fingerprint density at radius 1 is 1.35 bits per heavy atom. The largest absolute Gasteiger partial charge is 0.399 e. The number of nitrogens with two attached hydrogens (primary N) is 1. The highest BCUT2D eigenvalue weighted by Gasteiger charge is 2.11. The molecule has 0 radical (unpaired) electrons. The van der Waals surface area contributed by atoms with Gasteiger partial charge in [0.2, 0.25) is 0 Å². The van der Waals surface area contributed by atoms with Gasteiger partial charge in [-0.2, -0.15) is 4.52 Å². The molecule has 0 aliphatic carbocycles. The van der Waals surface area contributed by atoms with Gasteiger partial charge in [-0.15, -0.1) is 5.10 Å². The van der Waals surface area contributed by atoms with Gasteiger partial charge in [-0.05, 0) is 34.2 Å². The first-order chi connectivity index (χ1) is 9.65. The topological polar surface area (TPSA) is 85.2 Å². The van der Waals surface area contributed by atoms with Crippen molar-refractivity contribution in [3.8, 4) is 0 Å². The van der Waals surface area contributed by atoms with E-state index in [4.69, 9.17) is 17.3 Å². The van der Waals surface area contributed by atoms with Crippen molar-refractivity contribution in [1.82, 2.24) is 25.0 Å². The van der Waals surface area contributed by atoms with E-state index < -0.39 is 0 Å². The summed E-state index contributed by atoms with van der Waals surface area (Å²) in [5, 5.41) is 12.1. The minimum atomic E-state index is 0.574. The van der Waals surface area contributed by atoms with Gasteiger partial charge in [-0.25, -0.2) is 0 Å². The van der Waals surface area contributed by atoms with E-state index in [2.05, 4.69) is 20.5 Å². The standard InChI is InChI=1S/C12H12ClN7/c1-19(7-8-4-9(14)2-3-10(8)13)12-6-15-5-11-16-17-18-20(11)12/h2-6H,7,14H2,1H3. The zero-order valence-electron chi connectivity index (χ0n) is 10.7. The van der Waals surface area contributed by atoms with Crippen molar-refractivity contribution in [2.24, 2.45) is 0 Å². The Morgan fingerprint density at radius 3 is 3.05 bits per heavy atom. The van der Waals surface area contributed by atoms with Crippen LogP contribution in [0.25, 0.3) is 5.65 Å². The molecule has 0 aliphatic rings. The van der Waals surface area contributed by atoms with Crippen LogP contribution in [0.4, 0.5) is 11.5 Å². The Bertz CT molecular complexity index is 754. The van der Waals surface area contributed by atoms with Crippen LogP contribution in [0.5, 0.6) is 0 Å². The van der Waals surface area contributed by atoms with E-state index >= 15 is 0 Å². The molecule has 0 spiro atoms. The van der Waals surface area contributed by atoms with E-state index in [0.29, 0.717) is 22.9 Å². The van der Waals surface area contributed by atoms with Crippen LogP contribution in [0.2, 0.25) is 5.02 Å². The summed E-state index contributed by atoms with van der Waals surface area (Å²) in [4.78, 5) is 6.08. The molecule has 0 amide bonds. The first-order valence-electron chi connectivity index (χ1n) is 5.92. The molecule has 0 unspecified atom stereocenters. The van der Waals surface area contributed by atoms with Crippen LogP contribution in [0.1, 0.15) is 5.56 Å². The maximum Gasteiger partial charge on any atom is 0.199 e. The minimum Gasteiger partial charge on any atom is -0.399 e. The van der Waals surface area contributed by atoms with Gasteiger partial charge in [-0.1, -0.05) is 11.6 Å². The summed E-state index contributed by atoms with van der Waals surface area (Å²) in [5.41, 5.74) is 7.99. The lowest BCUT2D eigenvalue weighted by molar-refractivity contribution is 0.783. The van der Waals surface area contributed by atoms with Crippen molar-refractivity contribution in [2.45, 2.75) is 6.54 Å². The lowest BCUT2D eigenvalue weighted by atomic mass is 10.2. The van der Waals surface area contributed by atoms with Crippen molar-refractivity contribution in [3.63, 3.8) is 0 Å². The lowest BCUT2D eigenvalue weighted by Gasteiger charge is -2.19. The van der Waals surface area contributed by atoms with E-state index in [0.717, 1.165) is 11.4 Å². The van der Waals surface area contributed by atoms with E-state index in [1.165, 1.54) is 0 Å². The third kappa shape index (κ3) is 2.23. The number of tetrazole rings is 1. The first kappa shape index (κ1) is 12.6. The molecule has 20 heavy (non-hydrogen) atoms. The maximum absolute atomic E-state index is 6.18. The van der Waals surface area contributed by atoms with Gasteiger partial charge in [0.25, 0.3) is 0 Å². The van der Waals surface area contributed by atoms with Crippen molar-refractivity contribution in [3.05, 3.63) is 41.2 Å². The van der Waals surface area contributed by atoms with Gasteiger partial charge in [0.15, 0.2) is 11.5 Å². The van der Waals surface area contributed by atoms with Crippen LogP contribution in [-0.2, 0) is 6.54 Å². The summed E-state index contributed by atoms with van der Waals surface area (Å²) in [7, 11) is 1.91. The number of rotatable bonds is 3. The summed E-state index contributed by atoms with van der Waals surface area (Å²) in [5.74, 6) is 0.769. The van der Waals surface area contributed by atoms with Crippen LogP contribution in [-0.4, -0.2) is 32.1 Å². The Labute approximate surface area is 120 Å². The second kappa shape index (κ2) is 4.93. The molecule has 8 heteroatoms. The van der Waals surface area contributed by atoms with Gasteiger partial charge in [0.1, 0.15) is 0 Å². The molecule has 7 nitrogen and oxygen atoms in total. The van der Waals surface area contributed by atoms with Gasteiger partial charge >= 0.3 is 0 Å². The number of hydrogen-bond acceptors (Lipinski definition) is 6. The fourth-order valence-electron chi connectivity index (χ4n) is 1.98. The number of hydrogen-bond donors (Lipinski definition) is 1. The smallest absolute Gasteiger partial charge is 0.199 e. The van der Waals surface area contributed by atoms with Crippen molar-refractivity contribution in [2.75, 3.05) is 17.7 Å². The predicted octanol–water partition coefficient (Wildman–Crippen LogP) is 1.39. The minimum absolute atomic E-state index is 0.574. The molecular formula is C12H12ClN7. The third-order valence-corrected chi connectivity index (χ3v) is 3.33. The van der Waals surface area contributed by atoms with E-state index in [9.17, 15) is 0 Å². The second-order valence-corrected chi connectivity index (χ2v) is 4.83. The molecule has 0 saturated carbocycles. The van der Waals surface area contributed by atoms with Gasteiger partial charge < -0.3 is 10.6 Å². The number of anilines is 2. The predicted molar refractivity (Wildman–Crippen MR) is 76.5 cm³/mol. The second-order valence-electron chi connectivity index (χ2n) is 4.42. The number of nitrogen functional groups attached to an aromatic ring is 1. The number of nitrogens with zero attached hydrogens (tertiary/aromatic N) is 6. The molecular weight excluding hydrogens is 278 g/mol. The van der Waals surface area contributed by atoms with Crippen LogP contribution in [0, 0.1) is 0 Å². The fourth-order valence-corrected chi connectivity index (χ4v) is 2.15. The Balaban J connectivity index is 1.95. The van der Waals surface area contributed by atoms with E-state index in [1.807, 2.05) is 18.0 Å². The van der Waals surface area contributed by atoms with Crippen LogP contribution in [0.3, 0.4) is 0 Å². The molecule has 3 rings (SSSR count). The molecule has 0 saturated heterocycles. The fraction of sp³-hybridized carbons (Fsp3) is 0.167. The molecule has 102 valence electrons. The Hall–Kier alpha value is -2.41. The molecule has 0 aliphatic heterocycles. The van der Waals surface area contributed by atoms with Gasteiger partial charge in [0, 0.05) is 24.3 Å². The van der Waals surface area contributed by atoms with Crippen molar-refractivity contribution in [1.29, 1.82) is 0 Å². The van der Waals surface area contributed by atoms with E-state index in [-0.39, 0.29) is 0 Å². The molecule has 3 aromatic rings. The zero-order chi connectivity index (χ0) is 14.1. The summed E-state index contributed by atoms with van der Waals surface area (Å²) in [6.45, 7) is 0.574. The van der Waals surface area contributed by atoms with Gasteiger partial charge in [0.05, 0.1) is 12.4 Å². The molecule has 0 bridgehead atoms. The molecule has 2 N–H and O–H groups in total. The number of fused-ring (bicyclic) bond motifs is 1. The van der Waals surface area contributed by atoms with Crippen molar-refractivity contribution >= 4 is 28.8 Å². The summed E-state index contributed by atoms with van der Waals surface area (Å²) < 4.78 is 1.62. The Kier molecular flexibility index (Phi) is 3.11. The third-order valence-electron chi connectivity index (χ3n) is 2.96. The first-order valence-corrected chi connectivity index (χ1v) is 6.30. The van der Waals surface area contributed by atoms with Gasteiger partial charge in [-0.3, -0.25) is 4.98 Å². The number of halogens is 1. The molecule has 0 fully saturated rings. The average Bonchev–Trinajstić information content (AvgIpc) is 2.91. The summed E-state index contributed by atoms with van der Waals surface area (Å²) in [6, 6.07) is 5.41. The molecule has 1 aromatic carbocycles. The summed E-state index contributed by atoms with van der Waals surface area (Å²) in [6.07, 6.45) is 3.30. The summed E-state index contributed by atoms with van der Waals surface area (Å²) >= 11 is 6.18. The monoisotopic (exact) mass is 289 g/mol. The van der Waals surface area contributed by atoms with Crippen LogP contribution in [0.15, 0.2) is 30.6 Å². The van der Waals surface area contributed by atoms with E-state index in [1.54, 1.807) is 29.0 Å². The number of benzene rings is 1. The van der Waals surface area contributed by atoms with Crippen LogP contribution >= 0.6 is 11.6 Å². The SMILES string of the molecule is CN(Cc1cc(N)ccc1Cl)c1cncc2nnnn12. The highest BCUT2D eigenvalue weighted by atomic mass is 35.5. The maximum atomic E-state index is 6.18. The lowest BCUT2D eigenvalue weighted by Crippen LogP contribution is -2.20. The molecule has 0 atom stereocenters. The van der Waals surface area contributed by atoms with Crippen molar-refractivity contribution < 1.29 is 0 Å². The average molecular weight is 290 g/mol.